The molecule has 0 amide bonds. The first-order valence-corrected chi connectivity index (χ1v) is 9.75. The standard InChI is InChI=1S/C24H17F4NO2/c25-17-13-18(26)23(28)24(22(17)27)31-21(30)12-6-3-7-14-15-8-1-4-10-19(15)29-20-11-5-2-9-16(14)20/h1-2,4-5,8-11,13H,3,6-7,12H2. The van der Waals surface area contributed by atoms with Crippen LogP contribution in [0, 0.1) is 23.3 Å². The molecule has 158 valence electrons. The van der Waals surface area contributed by atoms with Crippen molar-refractivity contribution in [1.29, 1.82) is 0 Å². The first kappa shape index (κ1) is 20.8. The minimum atomic E-state index is -1.73. The van der Waals surface area contributed by atoms with Gasteiger partial charge in [-0.15, -0.1) is 0 Å². The molecule has 31 heavy (non-hydrogen) atoms. The van der Waals surface area contributed by atoms with E-state index in [1.54, 1.807) is 0 Å². The number of aryl methyl sites for hydroxylation is 1. The molecule has 0 aliphatic heterocycles. The molecule has 7 heteroatoms. The van der Waals surface area contributed by atoms with E-state index in [-0.39, 0.29) is 12.5 Å². The van der Waals surface area contributed by atoms with Crippen molar-refractivity contribution in [1.82, 2.24) is 4.98 Å². The number of aromatic nitrogens is 1. The zero-order valence-electron chi connectivity index (χ0n) is 16.3. The fourth-order valence-corrected chi connectivity index (χ4v) is 3.57. The van der Waals surface area contributed by atoms with Crippen LogP contribution in [0.3, 0.4) is 0 Å². The van der Waals surface area contributed by atoms with Crippen LogP contribution in [0.1, 0.15) is 24.8 Å². The highest BCUT2D eigenvalue weighted by atomic mass is 19.2. The van der Waals surface area contributed by atoms with Gasteiger partial charge in [0.05, 0.1) is 11.0 Å². The number of unbranched alkanes of at least 4 members (excludes halogenated alkanes) is 1. The van der Waals surface area contributed by atoms with E-state index in [0.29, 0.717) is 19.3 Å². The third kappa shape index (κ3) is 4.21. The Balaban J connectivity index is 1.45. The van der Waals surface area contributed by atoms with E-state index in [9.17, 15) is 22.4 Å². The second-order valence-corrected chi connectivity index (χ2v) is 7.10. The molecule has 0 N–H and O–H groups in total. The summed E-state index contributed by atoms with van der Waals surface area (Å²) in [5.74, 6) is -9.04. The summed E-state index contributed by atoms with van der Waals surface area (Å²) in [5.41, 5.74) is 2.84. The van der Waals surface area contributed by atoms with E-state index < -0.39 is 35.0 Å². The molecule has 0 fully saturated rings. The van der Waals surface area contributed by atoms with E-state index in [0.717, 1.165) is 27.4 Å². The Bertz CT molecular complexity index is 1210. The number of carbonyl (C=O) groups is 1. The van der Waals surface area contributed by atoms with Crippen LogP contribution < -0.4 is 4.74 Å². The zero-order chi connectivity index (χ0) is 22.0. The van der Waals surface area contributed by atoms with E-state index in [1.165, 1.54) is 0 Å². The number of esters is 1. The number of pyridine rings is 1. The third-order valence-electron chi connectivity index (χ3n) is 5.04. The van der Waals surface area contributed by atoms with Crippen LogP contribution in [-0.2, 0) is 11.2 Å². The predicted octanol–water partition coefficient (Wildman–Crippen LogP) is 6.26. The molecule has 1 heterocycles. The summed E-state index contributed by atoms with van der Waals surface area (Å²) in [6.45, 7) is 0. The largest absolute Gasteiger partial charge is 0.420 e. The zero-order valence-corrected chi connectivity index (χ0v) is 16.3. The minimum absolute atomic E-state index is 0.0609. The maximum atomic E-state index is 13.6. The van der Waals surface area contributed by atoms with E-state index >= 15 is 0 Å². The van der Waals surface area contributed by atoms with Crippen LogP contribution in [0.4, 0.5) is 17.6 Å². The van der Waals surface area contributed by atoms with Crippen LogP contribution in [0.25, 0.3) is 21.8 Å². The van der Waals surface area contributed by atoms with Gasteiger partial charge >= 0.3 is 5.97 Å². The van der Waals surface area contributed by atoms with Crippen molar-refractivity contribution < 1.29 is 27.1 Å². The van der Waals surface area contributed by atoms with Crippen molar-refractivity contribution in [3.05, 3.63) is 83.4 Å². The molecule has 0 unspecified atom stereocenters. The number of para-hydroxylation sites is 2. The molecule has 0 atom stereocenters. The normalized spacial score (nSPS) is 11.2. The van der Waals surface area contributed by atoms with Gasteiger partial charge in [0, 0.05) is 23.3 Å². The van der Waals surface area contributed by atoms with Gasteiger partial charge in [0.15, 0.2) is 11.6 Å². The number of carbonyl (C=O) groups excluding carboxylic acids is 1. The second-order valence-electron chi connectivity index (χ2n) is 7.10. The number of ether oxygens (including phenoxy) is 1. The lowest BCUT2D eigenvalue weighted by Crippen LogP contribution is -2.12. The van der Waals surface area contributed by atoms with Crippen molar-refractivity contribution in [2.75, 3.05) is 0 Å². The van der Waals surface area contributed by atoms with Crippen LogP contribution >= 0.6 is 0 Å². The molecule has 0 aliphatic carbocycles. The average Bonchev–Trinajstić information content (AvgIpc) is 2.77. The third-order valence-corrected chi connectivity index (χ3v) is 5.04. The Morgan fingerprint density at radius 3 is 1.94 bits per heavy atom. The van der Waals surface area contributed by atoms with E-state index in [2.05, 4.69) is 9.72 Å². The molecule has 0 saturated heterocycles. The average molecular weight is 427 g/mol. The van der Waals surface area contributed by atoms with Gasteiger partial charge in [-0.3, -0.25) is 4.79 Å². The lowest BCUT2D eigenvalue weighted by molar-refractivity contribution is -0.135. The van der Waals surface area contributed by atoms with Gasteiger partial charge in [-0.25, -0.2) is 13.8 Å². The first-order chi connectivity index (χ1) is 15.0. The Morgan fingerprint density at radius 2 is 1.35 bits per heavy atom. The van der Waals surface area contributed by atoms with Gasteiger partial charge in [-0.05, 0) is 37.0 Å². The smallest absolute Gasteiger partial charge is 0.311 e. The van der Waals surface area contributed by atoms with Crippen molar-refractivity contribution in [3.63, 3.8) is 0 Å². The molecular formula is C24H17F4NO2. The summed E-state index contributed by atoms with van der Waals surface area (Å²) in [6, 6.07) is 15.6. The SMILES string of the molecule is O=C(CCCCc1c2ccccc2nc2ccccc12)Oc1c(F)c(F)cc(F)c1F. The summed E-state index contributed by atoms with van der Waals surface area (Å²) in [4.78, 5) is 16.6. The molecule has 0 spiro atoms. The maximum absolute atomic E-state index is 13.6. The minimum Gasteiger partial charge on any atom is -0.420 e. The summed E-state index contributed by atoms with van der Waals surface area (Å²) in [5, 5.41) is 2.03. The molecule has 3 aromatic carbocycles. The van der Waals surface area contributed by atoms with Gasteiger partial charge < -0.3 is 4.74 Å². The number of benzene rings is 3. The monoisotopic (exact) mass is 427 g/mol. The molecular weight excluding hydrogens is 410 g/mol. The lowest BCUT2D eigenvalue weighted by Gasteiger charge is -2.11. The van der Waals surface area contributed by atoms with Crippen LogP contribution in [0.2, 0.25) is 0 Å². The fourth-order valence-electron chi connectivity index (χ4n) is 3.57. The summed E-state index contributed by atoms with van der Waals surface area (Å²) in [6.07, 6.45) is 1.45. The molecule has 0 saturated carbocycles. The summed E-state index contributed by atoms with van der Waals surface area (Å²) in [7, 11) is 0. The summed E-state index contributed by atoms with van der Waals surface area (Å²) < 4.78 is 58.3. The van der Waals surface area contributed by atoms with Crippen LogP contribution in [-0.4, -0.2) is 11.0 Å². The Hall–Kier alpha value is -3.48. The Kier molecular flexibility index (Phi) is 5.84. The lowest BCUT2D eigenvalue weighted by atomic mass is 9.97. The summed E-state index contributed by atoms with van der Waals surface area (Å²) >= 11 is 0. The van der Waals surface area contributed by atoms with Gasteiger partial charge in [-0.1, -0.05) is 36.4 Å². The highest BCUT2D eigenvalue weighted by molar-refractivity contribution is 5.97. The Labute approximate surface area is 175 Å². The second kappa shape index (κ2) is 8.71. The number of hydrogen-bond donors (Lipinski definition) is 0. The van der Waals surface area contributed by atoms with Crippen LogP contribution in [0.15, 0.2) is 54.6 Å². The van der Waals surface area contributed by atoms with E-state index in [4.69, 9.17) is 0 Å². The molecule has 1 aromatic heterocycles. The molecule has 0 radical (unpaired) electrons. The van der Waals surface area contributed by atoms with Gasteiger partial charge in [0.25, 0.3) is 0 Å². The van der Waals surface area contributed by atoms with E-state index in [1.807, 2.05) is 48.5 Å². The van der Waals surface area contributed by atoms with Crippen molar-refractivity contribution in [2.24, 2.45) is 0 Å². The van der Waals surface area contributed by atoms with Gasteiger partial charge in [0.2, 0.25) is 17.4 Å². The topological polar surface area (TPSA) is 39.2 Å². The van der Waals surface area contributed by atoms with Crippen LogP contribution in [0.5, 0.6) is 5.75 Å². The Morgan fingerprint density at radius 1 is 0.806 bits per heavy atom. The van der Waals surface area contributed by atoms with Crippen molar-refractivity contribution in [3.8, 4) is 5.75 Å². The highest BCUT2D eigenvalue weighted by Gasteiger charge is 2.22. The predicted molar refractivity (Wildman–Crippen MR) is 109 cm³/mol. The fraction of sp³-hybridized carbons (Fsp3) is 0.167. The van der Waals surface area contributed by atoms with Gasteiger partial charge in [0.1, 0.15) is 0 Å². The number of rotatable bonds is 6. The molecule has 0 aliphatic rings. The number of fused-ring (bicyclic) bond motifs is 2. The maximum Gasteiger partial charge on any atom is 0.311 e. The number of nitrogens with zero attached hydrogens (tertiary/aromatic N) is 1. The van der Waals surface area contributed by atoms with Gasteiger partial charge in [-0.2, -0.15) is 8.78 Å². The van der Waals surface area contributed by atoms with Crippen molar-refractivity contribution >= 4 is 27.8 Å². The molecule has 3 nitrogen and oxygen atoms in total. The number of hydrogen-bond acceptors (Lipinski definition) is 3. The first-order valence-electron chi connectivity index (χ1n) is 9.75. The molecule has 4 aromatic rings. The quantitative estimate of drug-likeness (QED) is 0.0910. The molecule has 4 rings (SSSR count). The van der Waals surface area contributed by atoms with Crippen molar-refractivity contribution in [2.45, 2.75) is 25.7 Å². The number of halogens is 4. The highest BCUT2D eigenvalue weighted by Crippen LogP contribution is 2.29. The molecule has 0 bridgehead atoms.